The van der Waals surface area contributed by atoms with Crippen LogP contribution in [0.15, 0.2) is 52.9 Å². The Bertz CT molecular complexity index is 1180. The summed E-state index contributed by atoms with van der Waals surface area (Å²) >= 11 is 0. The van der Waals surface area contributed by atoms with Crippen molar-refractivity contribution in [2.75, 3.05) is 7.11 Å². The number of carbonyl (C=O) groups is 1. The normalized spacial score (nSPS) is 18.8. The summed E-state index contributed by atoms with van der Waals surface area (Å²) in [5.74, 6) is 0.124. The summed E-state index contributed by atoms with van der Waals surface area (Å²) in [6, 6.07) is 12.8. The average molecular weight is 469 g/mol. The highest BCUT2D eigenvalue weighted by molar-refractivity contribution is 7.87. The lowest BCUT2D eigenvalue weighted by Crippen LogP contribution is -2.41. The number of hydrogen-bond donors (Lipinski definition) is 1. The third kappa shape index (κ3) is 6.14. The summed E-state index contributed by atoms with van der Waals surface area (Å²) in [4.78, 5) is 12.7. The molecule has 0 saturated heterocycles. The Morgan fingerprint density at radius 2 is 1.82 bits per heavy atom. The molecular formula is C25H28N2O5S. The van der Waals surface area contributed by atoms with E-state index in [0.717, 1.165) is 31.2 Å². The van der Waals surface area contributed by atoms with E-state index in [-0.39, 0.29) is 28.0 Å². The first-order valence-electron chi connectivity index (χ1n) is 10.9. The Labute approximate surface area is 195 Å². The number of hydrogen-bond acceptors (Lipinski definition) is 6. The molecule has 0 radical (unpaired) electrons. The minimum Gasteiger partial charge on any atom is -0.493 e. The van der Waals surface area contributed by atoms with Gasteiger partial charge in [-0.15, -0.1) is 0 Å². The van der Waals surface area contributed by atoms with Crippen molar-refractivity contribution in [3.63, 3.8) is 0 Å². The van der Waals surface area contributed by atoms with Gasteiger partial charge in [-0.3, -0.25) is 4.79 Å². The third-order valence-corrected chi connectivity index (χ3v) is 7.05. The Morgan fingerprint density at radius 1 is 1.12 bits per heavy atom. The molecule has 33 heavy (non-hydrogen) atoms. The van der Waals surface area contributed by atoms with Crippen molar-refractivity contribution in [2.24, 2.45) is 5.92 Å². The van der Waals surface area contributed by atoms with Crippen molar-refractivity contribution in [1.29, 1.82) is 5.26 Å². The first-order chi connectivity index (χ1) is 15.7. The number of nitrogens with one attached hydrogen (secondary N) is 1. The average Bonchev–Trinajstić information content (AvgIpc) is 2.79. The van der Waals surface area contributed by atoms with E-state index in [1.54, 1.807) is 18.2 Å². The largest absolute Gasteiger partial charge is 0.493 e. The van der Waals surface area contributed by atoms with Crippen molar-refractivity contribution in [1.82, 2.24) is 5.32 Å². The molecule has 1 amide bonds. The molecule has 2 aromatic carbocycles. The second kappa shape index (κ2) is 10.5. The third-order valence-electron chi connectivity index (χ3n) is 5.80. The van der Waals surface area contributed by atoms with Crippen LogP contribution in [0, 0.1) is 24.2 Å². The van der Waals surface area contributed by atoms with Gasteiger partial charge in [0.15, 0.2) is 11.5 Å². The zero-order chi connectivity index (χ0) is 24.0. The van der Waals surface area contributed by atoms with Gasteiger partial charge in [0.25, 0.3) is 5.91 Å². The van der Waals surface area contributed by atoms with Gasteiger partial charge in [-0.1, -0.05) is 43.5 Å². The Hall–Kier alpha value is -3.31. The summed E-state index contributed by atoms with van der Waals surface area (Å²) < 4.78 is 35.8. The maximum atomic E-state index is 12.6. The van der Waals surface area contributed by atoms with Gasteiger partial charge in [-0.05, 0) is 61.6 Å². The molecule has 0 heterocycles. The maximum absolute atomic E-state index is 12.6. The van der Waals surface area contributed by atoms with Crippen LogP contribution < -0.4 is 14.2 Å². The van der Waals surface area contributed by atoms with Gasteiger partial charge in [-0.2, -0.15) is 13.7 Å². The van der Waals surface area contributed by atoms with Gasteiger partial charge in [-0.25, -0.2) is 0 Å². The lowest BCUT2D eigenvalue weighted by Gasteiger charge is -2.29. The fraction of sp³-hybridized carbons (Fsp3) is 0.360. The second-order valence-electron chi connectivity index (χ2n) is 8.27. The van der Waals surface area contributed by atoms with E-state index >= 15 is 0 Å². The molecule has 0 bridgehead atoms. The molecule has 0 aliphatic heterocycles. The molecule has 1 fully saturated rings. The number of benzene rings is 2. The first kappa shape index (κ1) is 24.3. The number of amides is 1. The SMILES string of the molecule is COc1cc(/C=C(\C#N)C(=O)N[C@H]2CCCC[C@@H]2C)ccc1OS(=O)(=O)c1ccc(C)cc1. The van der Waals surface area contributed by atoms with E-state index in [2.05, 4.69) is 12.2 Å². The molecule has 1 N–H and O–H groups in total. The minimum atomic E-state index is -4.05. The molecule has 2 atom stereocenters. The highest BCUT2D eigenvalue weighted by Gasteiger charge is 2.24. The lowest BCUT2D eigenvalue weighted by atomic mass is 9.86. The molecule has 0 aromatic heterocycles. The summed E-state index contributed by atoms with van der Waals surface area (Å²) in [7, 11) is -2.66. The Morgan fingerprint density at radius 3 is 2.45 bits per heavy atom. The van der Waals surface area contributed by atoms with Gasteiger partial charge >= 0.3 is 10.1 Å². The van der Waals surface area contributed by atoms with Crippen LogP contribution in [0.3, 0.4) is 0 Å². The van der Waals surface area contributed by atoms with Crippen LogP contribution in [0.5, 0.6) is 11.5 Å². The predicted molar refractivity (Wildman–Crippen MR) is 125 cm³/mol. The molecule has 1 saturated carbocycles. The van der Waals surface area contributed by atoms with E-state index in [0.29, 0.717) is 11.5 Å². The summed E-state index contributed by atoms with van der Waals surface area (Å²) in [5.41, 5.74) is 1.41. The molecule has 2 aromatic rings. The van der Waals surface area contributed by atoms with Gasteiger partial charge < -0.3 is 14.2 Å². The molecule has 174 valence electrons. The molecular weight excluding hydrogens is 440 g/mol. The quantitative estimate of drug-likeness (QED) is 0.367. The van der Waals surface area contributed by atoms with Gasteiger partial charge in [0.05, 0.1) is 7.11 Å². The zero-order valence-electron chi connectivity index (χ0n) is 19.0. The topological polar surface area (TPSA) is 105 Å². The van der Waals surface area contributed by atoms with E-state index < -0.39 is 16.0 Å². The number of nitriles is 1. The summed E-state index contributed by atoms with van der Waals surface area (Å²) in [6.45, 7) is 3.96. The van der Waals surface area contributed by atoms with E-state index in [1.807, 2.05) is 13.0 Å². The van der Waals surface area contributed by atoms with E-state index in [1.165, 1.54) is 37.5 Å². The van der Waals surface area contributed by atoms with Gasteiger partial charge in [0.1, 0.15) is 16.5 Å². The lowest BCUT2D eigenvalue weighted by molar-refractivity contribution is -0.118. The van der Waals surface area contributed by atoms with Crippen LogP contribution in [0.25, 0.3) is 6.08 Å². The van der Waals surface area contributed by atoms with Crippen molar-refractivity contribution in [3.8, 4) is 17.6 Å². The number of carbonyl (C=O) groups excluding carboxylic acids is 1. The molecule has 1 aliphatic carbocycles. The number of rotatable bonds is 7. The molecule has 8 heteroatoms. The first-order valence-corrected chi connectivity index (χ1v) is 12.3. The monoisotopic (exact) mass is 468 g/mol. The zero-order valence-corrected chi connectivity index (χ0v) is 19.8. The maximum Gasteiger partial charge on any atom is 0.339 e. The number of methoxy groups -OCH3 is 1. The summed E-state index contributed by atoms with van der Waals surface area (Å²) in [5, 5.41) is 12.5. The van der Waals surface area contributed by atoms with Gasteiger partial charge in [0, 0.05) is 6.04 Å². The fourth-order valence-electron chi connectivity index (χ4n) is 3.81. The highest BCUT2D eigenvalue weighted by atomic mass is 32.2. The van der Waals surface area contributed by atoms with Crippen LogP contribution in [0.4, 0.5) is 0 Å². The van der Waals surface area contributed by atoms with Crippen molar-refractivity contribution in [2.45, 2.75) is 50.5 Å². The van der Waals surface area contributed by atoms with Crippen LogP contribution in [0.1, 0.15) is 43.7 Å². The summed E-state index contributed by atoms with van der Waals surface area (Å²) in [6.07, 6.45) is 5.62. The van der Waals surface area contributed by atoms with E-state index in [4.69, 9.17) is 8.92 Å². The fourth-order valence-corrected chi connectivity index (χ4v) is 4.75. The minimum absolute atomic E-state index is 0.00853. The number of nitrogens with zero attached hydrogens (tertiary/aromatic N) is 1. The molecule has 1 aliphatic rings. The van der Waals surface area contributed by atoms with Crippen LogP contribution in [-0.2, 0) is 14.9 Å². The van der Waals surface area contributed by atoms with E-state index in [9.17, 15) is 18.5 Å². The molecule has 3 rings (SSSR count). The molecule has 0 spiro atoms. The molecule has 0 unspecified atom stereocenters. The highest BCUT2D eigenvalue weighted by Crippen LogP contribution is 2.32. The predicted octanol–water partition coefficient (Wildman–Crippen LogP) is 4.37. The Kier molecular flexibility index (Phi) is 7.77. The number of aryl methyl sites for hydroxylation is 1. The molecule has 7 nitrogen and oxygen atoms in total. The van der Waals surface area contributed by atoms with Gasteiger partial charge in [0.2, 0.25) is 0 Å². The second-order valence-corrected chi connectivity index (χ2v) is 9.82. The smallest absolute Gasteiger partial charge is 0.339 e. The van der Waals surface area contributed by atoms with Crippen LogP contribution in [0.2, 0.25) is 0 Å². The number of ether oxygens (including phenoxy) is 1. The van der Waals surface area contributed by atoms with Crippen molar-refractivity contribution >= 4 is 22.1 Å². The van der Waals surface area contributed by atoms with Crippen LogP contribution >= 0.6 is 0 Å². The van der Waals surface area contributed by atoms with Crippen molar-refractivity contribution in [3.05, 3.63) is 59.2 Å². The van der Waals surface area contributed by atoms with Crippen LogP contribution in [-0.4, -0.2) is 27.5 Å². The Balaban J connectivity index is 1.80. The standard InChI is InChI=1S/C25H28N2O5S/c1-17-8-11-21(12-9-17)33(29,30)32-23-13-10-19(15-24(23)31-3)14-20(16-26)25(28)27-22-7-5-4-6-18(22)2/h8-15,18,22H,4-7H2,1-3H3,(H,27,28)/b20-14+/t18-,22-/m0/s1. The van der Waals surface area contributed by atoms with Crippen molar-refractivity contribution < 1.29 is 22.1 Å².